The van der Waals surface area contributed by atoms with Gasteiger partial charge in [-0.15, -0.1) is 5.10 Å². The maximum absolute atomic E-state index is 5.52. The van der Waals surface area contributed by atoms with Crippen LogP contribution in [0.3, 0.4) is 0 Å². The SMILES string of the molecule is CCc1c(Sc2ccc(C(C)(C)C)cc2)nnn1-c1cc(OC)ccc1OC. The summed E-state index contributed by atoms with van der Waals surface area (Å²) in [6, 6.07) is 14.3. The highest BCUT2D eigenvalue weighted by atomic mass is 32.2. The highest BCUT2D eigenvalue weighted by Gasteiger charge is 2.18. The highest BCUT2D eigenvalue weighted by molar-refractivity contribution is 7.99. The molecule has 0 spiro atoms. The minimum atomic E-state index is 0.143. The van der Waals surface area contributed by atoms with Gasteiger partial charge in [-0.2, -0.15) is 0 Å². The maximum atomic E-state index is 5.52. The van der Waals surface area contributed by atoms with Gasteiger partial charge in [-0.25, -0.2) is 4.68 Å². The van der Waals surface area contributed by atoms with Crippen molar-refractivity contribution < 1.29 is 9.47 Å². The molecule has 0 saturated carbocycles. The van der Waals surface area contributed by atoms with Gasteiger partial charge < -0.3 is 9.47 Å². The second-order valence-electron chi connectivity index (χ2n) is 7.52. The van der Waals surface area contributed by atoms with Gasteiger partial charge in [0.15, 0.2) is 0 Å². The van der Waals surface area contributed by atoms with Crippen LogP contribution in [0.25, 0.3) is 5.69 Å². The fraction of sp³-hybridized carbons (Fsp3) is 0.364. The van der Waals surface area contributed by atoms with Gasteiger partial charge in [0.25, 0.3) is 0 Å². The number of ether oxygens (including phenoxy) is 2. The van der Waals surface area contributed by atoms with Crippen molar-refractivity contribution in [1.29, 1.82) is 0 Å². The Bertz CT molecular complexity index is 943. The molecule has 1 aromatic heterocycles. The molecule has 0 aliphatic heterocycles. The first-order valence-electron chi connectivity index (χ1n) is 9.32. The first-order chi connectivity index (χ1) is 13.4. The van der Waals surface area contributed by atoms with Crippen LogP contribution in [0.4, 0.5) is 0 Å². The van der Waals surface area contributed by atoms with Crippen molar-refractivity contribution in [2.45, 2.75) is 49.5 Å². The second kappa shape index (κ2) is 8.27. The van der Waals surface area contributed by atoms with Crippen LogP contribution in [0.1, 0.15) is 39.0 Å². The van der Waals surface area contributed by atoms with E-state index in [1.165, 1.54) is 5.56 Å². The second-order valence-corrected chi connectivity index (χ2v) is 8.58. The van der Waals surface area contributed by atoms with Gasteiger partial charge in [-0.05, 0) is 41.7 Å². The normalized spacial score (nSPS) is 11.5. The Morgan fingerprint density at radius 3 is 2.29 bits per heavy atom. The van der Waals surface area contributed by atoms with Gasteiger partial charge in [0.2, 0.25) is 0 Å². The van der Waals surface area contributed by atoms with Gasteiger partial charge >= 0.3 is 0 Å². The molecule has 0 atom stereocenters. The lowest BCUT2D eigenvalue weighted by molar-refractivity contribution is 0.400. The summed E-state index contributed by atoms with van der Waals surface area (Å²) in [5.74, 6) is 1.48. The molecule has 0 N–H and O–H groups in total. The van der Waals surface area contributed by atoms with Crippen LogP contribution >= 0.6 is 11.8 Å². The molecule has 3 aromatic rings. The molecular formula is C22H27N3O2S. The minimum Gasteiger partial charge on any atom is -0.497 e. The van der Waals surface area contributed by atoms with E-state index < -0.39 is 0 Å². The van der Waals surface area contributed by atoms with Gasteiger partial charge in [-0.3, -0.25) is 0 Å². The summed E-state index contributed by atoms with van der Waals surface area (Å²) in [7, 11) is 3.30. The molecule has 0 aliphatic rings. The number of rotatable bonds is 6. The molecule has 0 unspecified atom stereocenters. The van der Waals surface area contributed by atoms with E-state index in [-0.39, 0.29) is 5.41 Å². The van der Waals surface area contributed by atoms with E-state index in [2.05, 4.69) is 62.3 Å². The first-order valence-corrected chi connectivity index (χ1v) is 10.1. The van der Waals surface area contributed by atoms with Gasteiger partial charge in [0.05, 0.1) is 19.9 Å². The van der Waals surface area contributed by atoms with Gasteiger partial charge in [-0.1, -0.05) is 56.8 Å². The molecule has 5 nitrogen and oxygen atoms in total. The number of aromatic nitrogens is 3. The third-order valence-corrected chi connectivity index (χ3v) is 5.63. The molecule has 28 heavy (non-hydrogen) atoms. The third-order valence-electron chi connectivity index (χ3n) is 4.61. The molecule has 3 rings (SSSR count). The summed E-state index contributed by atoms with van der Waals surface area (Å²) in [6.45, 7) is 8.76. The fourth-order valence-corrected chi connectivity index (χ4v) is 3.88. The summed E-state index contributed by atoms with van der Waals surface area (Å²) >= 11 is 1.63. The number of hydrogen-bond donors (Lipinski definition) is 0. The van der Waals surface area contributed by atoms with Crippen molar-refractivity contribution in [3.63, 3.8) is 0 Å². The summed E-state index contributed by atoms with van der Waals surface area (Å²) in [4.78, 5) is 1.15. The molecular weight excluding hydrogens is 370 g/mol. The molecule has 2 aromatic carbocycles. The largest absolute Gasteiger partial charge is 0.497 e. The van der Waals surface area contributed by atoms with E-state index in [0.29, 0.717) is 0 Å². The van der Waals surface area contributed by atoms with Gasteiger partial charge in [0, 0.05) is 11.0 Å². The van der Waals surface area contributed by atoms with E-state index in [1.54, 1.807) is 26.0 Å². The van der Waals surface area contributed by atoms with Gasteiger partial charge in [0.1, 0.15) is 22.2 Å². The van der Waals surface area contributed by atoms with Crippen LogP contribution in [0.5, 0.6) is 11.5 Å². The molecule has 148 valence electrons. The lowest BCUT2D eigenvalue weighted by atomic mass is 9.87. The highest BCUT2D eigenvalue weighted by Crippen LogP contribution is 2.34. The summed E-state index contributed by atoms with van der Waals surface area (Å²) < 4.78 is 12.7. The average molecular weight is 398 g/mol. The van der Waals surface area contributed by atoms with Crippen LogP contribution in [0.15, 0.2) is 52.4 Å². The summed E-state index contributed by atoms with van der Waals surface area (Å²) in [6.07, 6.45) is 0.801. The molecule has 0 aliphatic carbocycles. The molecule has 0 saturated heterocycles. The topological polar surface area (TPSA) is 49.2 Å². The molecule has 0 fully saturated rings. The van der Waals surface area contributed by atoms with Crippen molar-refractivity contribution in [2.24, 2.45) is 0 Å². The van der Waals surface area contributed by atoms with Crippen LogP contribution in [-0.2, 0) is 11.8 Å². The number of hydrogen-bond acceptors (Lipinski definition) is 5. The van der Waals surface area contributed by atoms with Crippen molar-refractivity contribution in [3.8, 4) is 17.2 Å². The first kappa shape index (κ1) is 20.3. The van der Waals surface area contributed by atoms with Crippen molar-refractivity contribution >= 4 is 11.8 Å². The standard InChI is InChI=1S/C22H27N3O2S/c1-7-18-21(28-17-11-8-15(9-12-17)22(2,3)4)23-24-25(18)19-14-16(26-5)10-13-20(19)27-6/h8-14H,7H2,1-6H3. The Labute approximate surface area is 171 Å². The summed E-state index contributed by atoms with van der Waals surface area (Å²) in [5.41, 5.74) is 3.32. The summed E-state index contributed by atoms with van der Waals surface area (Å²) in [5, 5.41) is 9.74. The zero-order valence-corrected chi connectivity index (χ0v) is 18.1. The van der Waals surface area contributed by atoms with E-state index >= 15 is 0 Å². The third kappa shape index (κ3) is 4.17. The van der Waals surface area contributed by atoms with Crippen LogP contribution in [0.2, 0.25) is 0 Å². The monoisotopic (exact) mass is 397 g/mol. The Morgan fingerprint density at radius 2 is 1.71 bits per heavy atom. The smallest absolute Gasteiger partial charge is 0.147 e. The Hall–Kier alpha value is -2.47. The Balaban J connectivity index is 1.95. The molecule has 0 radical (unpaired) electrons. The number of methoxy groups -OCH3 is 2. The van der Waals surface area contributed by atoms with Crippen LogP contribution < -0.4 is 9.47 Å². The zero-order chi connectivity index (χ0) is 20.3. The zero-order valence-electron chi connectivity index (χ0n) is 17.3. The predicted molar refractivity (Wildman–Crippen MR) is 113 cm³/mol. The van der Waals surface area contributed by atoms with Crippen molar-refractivity contribution in [2.75, 3.05) is 14.2 Å². The van der Waals surface area contributed by atoms with Crippen molar-refractivity contribution in [3.05, 3.63) is 53.7 Å². The Morgan fingerprint density at radius 1 is 1.00 bits per heavy atom. The van der Waals surface area contributed by atoms with E-state index in [1.807, 2.05) is 22.9 Å². The fourth-order valence-electron chi connectivity index (χ4n) is 2.96. The molecule has 0 bridgehead atoms. The minimum absolute atomic E-state index is 0.143. The van der Waals surface area contributed by atoms with Crippen molar-refractivity contribution in [1.82, 2.24) is 15.0 Å². The number of benzene rings is 2. The quantitative estimate of drug-likeness (QED) is 0.565. The van der Waals surface area contributed by atoms with E-state index in [0.717, 1.165) is 39.2 Å². The maximum Gasteiger partial charge on any atom is 0.147 e. The Kier molecular flexibility index (Phi) is 5.98. The lowest BCUT2D eigenvalue weighted by Gasteiger charge is -2.19. The van der Waals surface area contributed by atoms with Crippen LogP contribution in [-0.4, -0.2) is 29.2 Å². The van der Waals surface area contributed by atoms with E-state index in [4.69, 9.17) is 9.47 Å². The molecule has 1 heterocycles. The van der Waals surface area contributed by atoms with E-state index in [9.17, 15) is 0 Å². The predicted octanol–water partition coefficient (Wildman–Crippen LogP) is 5.30. The molecule has 0 amide bonds. The lowest BCUT2D eigenvalue weighted by Crippen LogP contribution is -2.10. The number of nitrogens with zero attached hydrogens (tertiary/aromatic N) is 3. The average Bonchev–Trinajstić information content (AvgIpc) is 3.09. The van der Waals surface area contributed by atoms with Crippen LogP contribution in [0, 0.1) is 0 Å². The molecule has 6 heteroatoms.